The summed E-state index contributed by atoms with van der Waals surface area (Å²) in [5.74, 6) is -1.45. The first kappa shape index (κ1) is 63.3. The van der Waals surface area contributed by atoms with Gasteiger partial charge < -0.3 is 23.4 Å². The summed E-state index contributed by atoms with van der Waals surface area (Å²) in [6, 6.07) is 3.97. The number of hydrogen-bond donors (Lipinski definition) is 0. The summed E-state index contributed by atoms with van der Waals surface area (Å²) < 4.78 is 29.3. The Morgan fingerprint density at radius 3 is 1.29 bits per heavy atom. The summed E-state index contributed by atoms with van der Waals surface area (Å²) in [4.78, 5) is 52.1. The first-order valence-electron chi connectivity index (χ1n) is 27.8. The van der Waals surface area contributed by atoms with Gasteiger partial charge in [0, 0.05) is 25.0 Å². The highest BCUT2D eigenvalue weighted by molar-refractivity contribution is 6.74. The number of esters is 4. The van der Waals surface area contributed by atoms with Crippen molar-refractivity contribution >= 4 is 32.2 Å². The minimum atomic E-state index is -1.94. The van der Waals surface area contributed by atoms with Gasteiger partial charge in [-0.15, -0.1) is 0 Å². The Bertz CT molecular complexity index is 1470. The highest BCUT2D eigenvalue weighted by atomic mass is 28.4. The minimum absolute atomic E-state index is 0.102. The van der Waals surface area contributed by atoms with E-state index in [4.69, 9.17) is 23.4 Å². The van der Waals surface area contributed by atoms with Gasteiger partial charge in [-0.05, 0) is 73.9 Å². The Kier molecular flexibility index (Phi) is 34.5. The average molecular weight is 974 g/mol. The molecule has 1 aromatic carbocycles. The molecule has 68 heavy (non-hydrogen) atoms. The smallest absolute Gasteiger partial charge is 0.311 e. The van der Waals surface area contributed by atoms with E-state index in [1.807, 2.05) is 19.9 Å². The predicted octanol–water partition coefficient (Wildman–Crippen LogP) is 16.6. The van der Waals surface area contributed by atoms with E-state index in [1.165, 1.54) is 128 Å². The summed E-state index contributed by atoms with van der Waals surface area (Å²) >= 11 is 0. The van der Waals surface area contributed by atoms with Crippen molar-refractivity contribution in [2.24, 2.45) is 0 Å². The van der Waals surface area contributed by atoms with Crippen LogP contribution in [0.5, 0.6) is 5.75 Å². The first-order chi connectivity index (χ1) is 32.3. The van der Waals surface area contributed by atoms with Crippen molar-refractivity contribution < 1.29 is 42.6 Å². The average Bonchev–Trinajstić information content (AvgIpc) is 3.26. The summed E-state index contributed by atoms with van der Waals surface area (Å²) in [6.45, 7) is 24.1. The number of carbonyl (C=O) groups excluding carboxylic acids is 4. The lowest BCUT2D eigenvalue weighted by atomic mass is 9.78. The Morgan fingerprint density at radius 1 is 0.515 bits per heavy atom. The normalized spacial score (nSPS) is 12.1. The SMILES string of the molecule is CCCCCCCCCCCCCCCC(=O)OCC(COC(=O)CCCCCCCCCCCCCCC)OC(=O)CCC(=O)Oc1cc(C)cc(C)c1C(C)(C)CCO[Si](C)(C)C(C)(C)C. The largest absolute Gasteiger partial charge is 0.462 e. The second kappa shape index (κ2) is 37.1. The topological polar surface area (TPSA) is 114 Å². The number of rotatable bonds is 42. The number of ether oxygens (including phenoxy) is 4. The van der Waals surface area contributed by atoms with Crippen LogP contribution in [0.4, 0.5) is 0 Å². The molecule has 10 heteroatoms. The van der Waals surface area contributed by atoms with Crippen molar-refractivity contribution in [3.05, 3.63) is 28.8 Å². The van der Waals surface area contributed by atoms with Gasteiger partial charge in [-0.25, -0.2) is 0 Å². The molecule has 0 aliphatic carbocycles. The standard InChI is InChI=1S/C58H104O9Si/c1-12-14-16-18-20-22-24-26-28-30-32-34-36-38-52(59)63-46-50(47-64-53(60)39-37-35-33-31-29-27-25-23-21-19-17-15-13-2)66-54(61)40-41-55(62)67-51-45-48(3)44-49(4)56(51)58(8,9)42-43-65-68(10,11)57(5,6)7/h44-45,50H,12-43,46-47H2,1-11H3. The third-order valence-electron chi connectivity index (χ3n) is 14.0. The van der Waals surface area contributed by atoms with Crippen LogP contribution < -0.4 is 4.74 Å². The number of aryl methyl sites for hydroxylation is 2. The van der Waals surface area contributed by atoms with Crippen LogP contribution in [0.25, 0.3) is 0 Å². The molecule has 0 aliphatic rings. The number of unbranched alkanes of at least 4 members (excludes halogenated alkanes) is 24. The zero-order valence-corrected chi connectivity index (χ0v) is 46.9. The van der Waals surface area contributed by atoms with E-state index in [1.54, 1.807) is 0 Å². The molecule has 9 nitrogen and oxygen atoms in total. The molecule has 0 spiro atoms. The fraction of sp³-hybridized carbons (Fsp3) is 0.828. The lowest BCUT2D eigenvalue weighted by Crippen LogP contribution is -2.41. The Balaban J connectivity index is 2.71. The van der Waals surface area contributed by atoms with E-state index in [2.05, 4.69) is 67.6 Å². The van der Waals surface area contributed by atoms with Gasteiger partial charge in [0.05, 0.1) is 12.8 Å². The van der Waals surface area contributed by atoms with Gasteiger partial charge in [-0.3, -0.25) is 19.2 Å². The Labute approximate surface area is 418 Å². The molecule has 0 unspecified atom stereocenters. The van der Waals surface area contributed by atoms with E-state index in [-0.39, 0.29) is 61.3 Å². The van der Waals surface area contributed by atoms with Gasteiger partial charge in [-0.2, -0.15) is 0 Å². The van der Waals surface area contributed by atoms with Crippen molar-refractivity contribution in [3.8, 4) is 5.75 Å². The van der Waals surface area contributed by atoms with Gasteiger partial charge >= 0.3 is 23.9 Å². The lowest BCUT2D eigenvalue weighted by molar-refractivity contribution is -0.167. The molecule has 0 amide bonds. The molecule has 1 aromatic rings. The van der Waals surface area contributed by atoms with Crippen molar-refractivity contribution in [1.29, 1.82) is 0 Å². The second-order valence-electron chi connectivity index (χ2n) is 22.1. The second-order valence-corrected chi connectivity index (χ2v) is 26.9. The van der Waals surface area contributed by atoms with Crippen molar-refractivity contribution in [1.82, 2.24) is 0 Å². The molecular weight excluding hydrogens is 869 g/mol. The molecule has 0 saturated carbocycles. The van der Waals surface area contributed by atoms with Crippen molar-refractivity contribution in [3.63, 3.8) is 0 Å². The molecule has 0 atom stereocenters. The van der Waals surface area contributed by atoms with Gasteiger partial charge in [0.15, 0.2) is 14.4 Å². The van der Waals surface area contributed by atoms with Gasteiger partial charge in [-0.1, -0.05) is 209 Å². The fourth-order valence-corrected chi connectivity index (χ4v) is 9.65. The molecule has 1 rings (SSSR count). The van der Waals surface area contributed by atoms with Crippen LogP contribution in [0.15, 0.2) is 12.1 Å². The van der Waals surface area contributed by atoms with Crippen LogP contribution in [0, 0.1) is 13.8 Å². The highest BCUT2D eigenvalue weighted by Gasteiger charge is 2.38. The van der Waals surface area contributed by atoms with Crippen LogP contribution in [-0.2, 0) is 43.2 Å². The highest BCUT2D eigenvalue weighted by Crippen LogP contribution is 2.40. The maximum atomic E-state index is 13.3. The zero-order valence-electron chi connectivity index (χ0n) is 45.9. The molecule has 0 fully saturated rings. The maximum absolute atomic E-state index is 13.3. The molecular formula is C58H104O9Si. The van der Waals surface area contributed by atoms with E-state index < -0.39 is 26.4 Å². The lowest BCUT2D eigenvalue weighted by Gasteiger charge is -2.37. The quantitative estimate of drug-likeness (QED) is 0.0208. The van der Waals surface area contributed by atoms with E-state index in [0.29, 0.717) is 12.4 Å². The number of hydrogen-bond acceptors (Lipinski definition) is 9. The fourth-order valence-electron chi connectivity index (χ4n) is 8.61. The van der Waals surface area contributed by atoms with Crippen LogP contribution in [0.3, 0.4) is 0 Å². The Morgan fingerprint density at radius 2 is 0.897 bits per heavy atom. The number of carbonyl (C=O) groups is 4. The minimum Gasteiger partial charge on any atom is -0.462 e. The number of benzene rings is 1. The molecule has 394 valence electrons. The van der Waals surface area contributed by atoms with Gasteiger partial charge in [0.2, 0.25) is 0 Å². The van der Waals surface area contributed by atoms with Crippen molar-refractivity contribution in [2.45, 2.75) is 291 Å². The van der Waals surface area contributed by atoms with E-state index >= 15 is 0 Å². The molecule has 0 radical (unpaired) electrons. The third-order valence-corrected chi connectivity index (χ3v) is 18.5. The monoisotopic (exact) mass is 973 g/mol. The molecule has 0 aromatic heterocycles. The molecule has 0 saturated heterocycles. The van der Waals surface area contributed by atoms with Crippen LogP contribution in [0.1, 0.15) is 264 Å². The molecule has 0 aliphatic heterocycles. The first-order valence-corrected chi connectivity index (χ1v) is 30.7. The third kappa shape index (κ3) is 30.8. The molecule has 0 heterocycles. The molecule has 0 bridgehead atoms. The molecule has 0 N–H and O–H groups in total. The van der Waals surface area contributed by atoms with E-state index in [9.17, 15) is 19.2 Å². The zero-order chi connectivity index (χ0) is 50.7. The van der Waals surface area contributed by atoms with Gasteiger partial charge in [0.25, 0.3) is 0 Å². The van der Waals surface area contributed by atoms with Crippen LogP contribution in [-0.4, -0.2) is 58.1 Å². The Hall–Kier alpha value is -2.72. The summed E-state index contributed by atoms with van der Waals surface area (Å²) in [5.41, 5.74) is 2.59. The van der Waals surface area contributed by atoms with Crippen molar-refractivity contribution in [2.75, 3.05) is 19.8 Å². The summed E-state index contributed by atoms with van der Waals surface area (Å²) in [6.07, 6.45) is 31.6. The summed E-state index contributed by atoms with van der Waals surface area (Å²) in [7, 11) is -1.94. The van der Waals surface area contributed by atoms with Gasteiger partial charge in [0.1, 0.15) is 19.0 Å². The maximum Gasteiger partial charge on any atom is 0.311 e. The summed E-state index contributed by atoms with van der Waals surface area (Å²) in [5, 5.41) is 0.102. The van der Waals surface area contributed by atoms with Crippen LogP contribution >= 0.6 is 0 Å². The van der Waals surface area contributed by atoms with E-state index in [0.717, 1.165) is 61.6 Å². The van der Waals surface area contributed by atoms with Crippen LogP contribution in [0.2, 0.25) is 18.1 Å². The predicted molar refractivity (Wildman–Crippen MR) is 284 cm³/mol.